The second-order valence-corrected chi connectivity index (χ2v) is 11.0. The highest BCUT2D eigenvalue weighted by atomic mass is 35.5. The average Bonchev–Trinajstić information content (AvgIpc) is 3.12. The summed E-state index contributed by atoms with van der Waals surface area (Å²) >= 11 is 13.1. The number of nitrogens with zero attached hydrogens (tertiary/aromatic N) is 3. The van der Waals surface area contributed by atoms with E-state index in [0.29, 0.717) is 15.8 Å². The highest BCUT2D eigenvalue weighted by Gasteiger charge is 2.29. The van der Waals surface area contributed by atoms with E-state index in [-0.39, 0.29) is 11.6 Å². The molecule has 0 aliphatic carbocycles. The summed E-state index contributed by atoms with van der Waals surface area (Å²) in [7, 11) is 3.81. The van der Waals surface area contributed by atoms with Crippen LogP contribution in [-0.4, -0.2) is 40.3 Å². The molecule has 0 N–H and O–H groups in total. The Balaban J connectivity index is 1.96. The maximum absolute atomic E-state index is 6.67. The maximum Gasteiger partial charge on any atom is 0.163 e. The largest absolute Gasteiger partial charge is 0.493 e. The van der Waals surface area contributed by atoms with Crippen molar-refractivity contribution >= 4 is 23.2 Å². The van der Waals surface area contributed by atoms with Crippen molar-refractivity contribution in [2.45, 2.75) is 65.6 Å². The Morgan fingerprint density at radius 2 is 1.82 bits per heavy atom. The van der Waals surface area contributed by atoms with E-state index >= 15 is 0 Å². The van der Waals surface area contributed by atoms with Crippen molar-refractivity contribution in [3.8, 4) is 28.6 Å². The minimum Gasteiger partial charge on any atom is -0.493 e. The summed E-state index contributed by atoms with van der Waals surface area (Å²) in [5.41, 5.74) is 5.30. The molecule has 2 aromatic carbocycles. The number of hydrogen-bond donors (Lipinski definition) is 0. The summed E-state index contributed by atoms with van der Waals surface area (Å²) in [6.07, 6.45) is 1.79. The third-order valence-electron chi connectivity index (χ3n) is 6.36. The Labute approximate surface area is 212 Å². The minimum atomic E-state index is 0.0164. The van der Waals surface area contributed by atoms with Gasteiger partial charge in [-0.25, -0.2) is 4.98 Å². The van der Waals surface area contributed by atoms with Crippen molar-refractivity contribution in [3.63, 3.8) is 0 Å². The monoisotopic (exact) mass is 501 g/mol. The van der Waals surface area contributed by atoms with Gasteiger partial charge in [-0.15, -0.1) is 0 Å². The smallest absolute Gasteiger partial charge is 0.163 e. The van der Waals surface area contributed by atoms with Gasteiger partial charge in [0, 0.05) is 34.4 Å². The van der Waals surface area contributed by atoms with Gasteiger partial charge in [-0.2, -0.15) is 0 Å². The molecule has 0 fully saturated rings. The van der Waals surface area contributed by atoms with Gasteiger partial charge < -0.3 is 9.47 Å². The molecular formula is C27H33Cl2N3O2. The molecule has 182 valence electrons. The van der Waals surface area contributed by atoms with Crippen LogP contribution in [0.15, 0.2) is 30.3 Å². The van der Waals surface area contributed by atoms with Crippen molar-refractivity contribution in [2.24, 2.45) is 0 Å². The van der Waals surface area contributed by atoms with Crippen molar-refractivity contribution in [1.82, 2.24) is 14.5 Å². The molecule has 2 heterocycles. The molecule has 4 rings (SSSR count). The van der Waals surface area contributed by atoms with Crippen LogP contribution >= 0.6 is 23.2 Å². The molecule has 7 heteroatoms. The zero-order valence-electron chi connectivity index (χ0n) is 21.0. The fourth-order valence-electron chi connectivity index (χ4n) is 4.21. The summed E-state index contributed by atoms with van der Waals surface area (Å²) < 4.78 is 14.0. The number of hydrogen-bond acceptors (Lipinski definition) is 4. The molecule has 1 aliphatic heterocycles. The van der Waals surface area contributed by atoms with Gasteiger partial charge in [-0.05, 0) is 84.3 Å². The number of halogens is 2. The second kappa shape index (κ2) is 9.44. The molecule has 0 bridgehead atoms. The standard InChI is InChI=1S/C27H33Cl2N3O2/c1-16(2)34-25-14-23-17(12-24(25)33-7)8-11-22-21(15-31(6)27(3,4)5)30-26(32(22)23)19-13-18(28)9-10-20(19)29/h9-10,12-14,16H,8,11,15H2,1-7H3. The SMILES string of the molecule is COc1cc2c(cc1OC(C)C)-n1c(-c3cc(Cl)ccc3Cl)nc(CN(C)C(C)(C)C)c1CC2. The van der Waals surface area contributed by atoms with Gasteiger partial charge in [-0.3, -0.25) is 9.47 Å². The first kappa shape index (κ1) is 24.9. The van der Waals surface area contributed by atoms with Crippen molar-refractivity contribution < 1.29 is 9.47 Å². The topological polar surface area (TPSA) is 39.5 Å². The Bertz CT molecular complexity index is 1210. The van der Waals surface area contributed by atoms with Crippen LogP contribution in [0.5, 0.6) is 11.5 Å². The molecule has 34 heavy (non-hydrogen) atoms. The van der Waals surface area contributed by atoms with E-state index in [1.165, 1.54) is 11.3 Å². The molecule has 1 aromatic heterocycles. The van der Waals surface area contributed by atoms with Gasteiger partial charge in [0.05, 0.1) is 29.6 Å². The molecule has 0 unspecified atom stereocenters. The normalized spacial score (nSPS) is 13.3. The summed E-state index contributed by atoms with van der Waals surface area (Å²) in [5.74, 6) is 2.25. The van der Waals surface area contributed by atoms with Crippen LogP contribution in [0.25, 0.3) is 17.1 Å². The van der Waals surface area contributed by atoms with Gasteiger partial charge in [0.2, 0.25) is 0 Å². The van der Waals surface area contributed by atoms with E-state index < -0.39 is 0 Å². The molecule has 1 aliphatic rings. The first-order valence-corrected chi connectivity index (χ1v) is 12.4. The molecule has 0 atom stereocenters. The number of benzene rings is 2. The quantitative estimate of drug-likeness (QED) is 0.365. The third-order valence-corrected chi connectivity index (χ3v) is 6.92. The minimum absolute atomic E-state index is 0.0164. The fraction of sp³-hybridized carbons (Fsp3) is 0.444. The number of ether oxygens (including phenoxy) is 2. The summed E-state index contributed by atoms with van der Waals surface area (Å²) in [5, 5.41) is 1.24. The molecule has 0 amide bonds. The molecule has 0 radical (unpaired) electrons. The van der Waals surface area contributed by atoms with E-state index in [1.54, 1.807) is 13.2 Å². The number of imidazole rings is 1. The van der Waals surface area contributed by atoms with E-state index in [2.05, 4.69) is 49.4 Å². The van der Waals surface area contributed by atoms with Crippen molar-refractivity contribution in [1.29, 1.82) is 0 Å². The maximum atomic E-state index is 6.67. The Morgan fingerprint density at radius 1 is 1.09 bits per heavy atom. The number of aryl methyl sites for hydroxylation is 1. The number of fused-ring (bicyclic) bond motifs is 3. The summed E-state index contributed by atoms with van der Waals surface area (Å²) in [4.78, 5) is 7.47. The molecular weight excluding hydrogens is 469 g/mol. The highest BCUT2D eigenvalue weighted by molar-refractivity contribution is 6.35. The first-order chi connectivity index (χ1) is 16.0. The van der Waals surface area contributed by atoms with E-state index in [1.807, 2.05) is 26.0 Å². The van der Waals surface area contributed by atoms with Crippen LogP contribution < -0.4 is 9.47 Å². The van der Waals surface area contributed by atoms with E-state index in [9.17, 15) is 0 Å². The lowest BCUT2D eigenvalue weighted by Crippen LogP contribution is -2.37. The van der Waals surface area contributed by atoms with Crippen molar-refractivity contribution in [2.75, 3.05) is 14.2 Å². The van der Waals surface area contributed by atoms with Crippen LogP contribution in [0.1, 0.15) is 51.6 Å². The number of aromatic nitrogens is 2. The van der Waals surface area contributed by atoms with E-state index in [0.717, 1.165) is 47.9 Å². The average molecular weight is 502 g/mol. The van der Waals surface area contributed by atoms with Gasteiger partial charge in [-0.1, -0.05) is 23.2 Å². The number of rotatable bonds is 6. The predicted molar refractivity (Wildman–Crippen MR) is 140 cm³/mol. The second-order valence-electron chi connectivity index (χ2n) is 10.1. The number of methoxy groups -OCH3 is 1. The molecule has 5 nitrogen and oxygen atoms in total. The Hall–Kier alpha value is -2.21. The zero-order chi connectivity index (χ0) is 24.8. The Morgan fingerprint density at radius 3 is 2.47 bits per heavy atom. The van der Waals surface area contributed by atoms with Gasteiger partial charge in [0.25, 0.3) is 0 Å². The van der Waals surface area contributed by atoms with E-state index in [4.69, 9.17) is 37.7 Å². The lowest BCUT2D eigenvalue weighted by molar-refractivity contribution is 0.165. The first-order valence-electron chi connectivity index (χ1n) is 11.6. The summed E-state index contributed by atoms with van der Waals surface area (Å²) in [6.45, 7) is 11.4. The predicted octanol–water partition coefficient (Wildman–Crippen LogP) is 6.97. The molecule has 0 saturated carbocycles. The van der Waals surface area contributed by atoms with Crippen LogP contribution in [0.3, 0.4) is 0 Å². The van der Waals surface area contributed by atoms with Crippen LogP contribution in [0.2, 0.25) is 10.0 Å². The summed E-state index contributed by atoms with van der Waals surface area (Å²) in [6, 6.07) is 9.67. The highest BCUT2D eigenvalue weighted by Crippen LogP contribution is 2.41. The van der Waals surface area contributed by atoms with Crippen LogP contribution in [-0.2, 0) is 19.4 Å². The Kier molecular flexibility index (Phi) is 6.92. The third kappa shape index (κ3) is 4.79. The molecule has 0 saturated heterocycles. The van der Waals surface area contributed by atoms with Crippen molar-refractivity contribution in [3.05, 3.63) is 57.3 Å². The molecule has 0 spiro atoms. The van der Waals surface area contributed by atoms with Gasteiger partial charge in [0.15, 0.2) is 11.5 Å². The zero-order valence-corrected chi connectivity index (χ0v) is 22.5. The van der Waals surface area contributed by atoms with Gasteiger partial charge >= 0.3 is 0 Å². The van der Waals surface area contributed by atoms with Crippen LogP contribution in [0.4, 0.5) is 0 Å². The molecule has 3 aromatic rings. The lowest BCUT2D eigenvalue weighted by Gasteiger charge is -2.32. The lowest BCUT2D eigenvalue weighted by atomic mass is 9.98. The van der Waals surface area contributed by atoms with Crippen LogP contribution in [0, 0.1) is 0 Å². The van der Waals surface area contributed by atoms with Gasteiger partial charge in [0.1, 0.15) is 5.82 Å². The fourth-order valence-corrected chi connectivity index (χ4v) is 4.59.